The van der Waals surface area contributed by atoms with Crippen LogP contribution in [0, 0.1) is 11.3 Å². The van der Waals surface area contributed by atoms with E-state index in [2.05, 4.69) is 11.4 Å². The highest BCUT2D eigenvalue weighted by Gasteiger charge is 2.09. The number of para-hydroxylation sites is 1. The van der Waals surface area contributed by atoms with Gasteiger partial charge in [-0.05, 0) is 29.8 Å². The van der Waals surface area contributed by atoms with Crippen molar-refractivity contribution < 1.29 is 5.11 Å². The molecule has 0 spiro atoms. The molecule has 1 atom stereocenters. The molecule has 0 aliphatic carbocycles. The van der Waals surface area contributed by atoms with E-state index in [4.69, 9.17) is 5.26 Å². The van der Waals surface area contributed by atoms with Crippen molar-refractivity contribution in [3.63, 3.8) is 0 Å². The number of anilines is 1. The van der Waals surface area contributed by atoms with Crippen LogP contribution in [0.3, 0.4) is 0 Å². The van der Waals surface area contributed by atoms with Gasteiger partial charge in [0, 0.05) is 5.69 Å². The minimum Gasteiger partial charge on any atom is -0.508 e. The van der Waals surface area contributed by atoms with Crippen molar-refractivity contribution in [3.05, 3.63) is 60.2 Å². The van der Waals surface area contributed by atoms with Crippen LogP contribution in [0.15, 0.2) is 54.6 Å². The predicted octanol–water partition coefficient (Wildman–Crippen LogP) is 3.07. The first kappa shape index (κ1) is 11.0. The van der Waals surface area contributed by atoms with Gasteiger partial charge in [-0.3, -0.25) is 0 Å². The van der Waals surface area contributed by atoms with Crippen LogP contribution < -0.4 is 5.32 Å². The maximum absolute atomic E-state index is 9.20. The fourth-order valence-corrected chi connectivity index (χ4v) is 1.56. The predicted molar refractivity (Wildman–Crippen MR) is 66.5 cm³/mol. The van der Waals surface area contributed by atoms with E-state index in [1.165, 1.54) is 0 Å². The third-order valence-corrected chi connectivity index (χ3v) is 2.44. The zero-order valence-electron chi connectivity index (χ0n) is 9.17. The van der Waals surface area contributed by atoms with Crippen LogP contribution in [-0.4, -0.2) is 5.11 Å². The van der Waals surface area contributed by atoms with Crippen molar-refractivity contribution in [1.29, 1.82) is 5.26 Å². The first-order chi connectivity index (χ1) is 8.29. The van der Waals surface area contributed by atoms with Crippen LogP contribution in [0.25, 0.3) is 0 Å². The molecule has 0 bridgehead atoms. The molecule has 0 aliphatic heterocycles. The van der Waals surface area contributed by atoms with Gasteiger partial charge >= 0.3 is 0 Å². The Morgan fingerprint density at radius 3 is 2.24 bits per heavy atom. The SMILES string of the molecule is N#CC(Nc1ccccc1)c1ccc(O)cc1. The van der Waals surface area contributed by atoms with Crippen LogP contribution in [0.4, 0.5) is 5.69 Å². The van der Waals surface area contributed by atoms with Gasteiger partial charge in [-0.15, -0.1) is 0 Å². The number of phenolic OH excluding ortho intramolecular Hbond substituents is 1. The van der Waals surface area contributed by atoms with Crippen LogP contribution >= 0.6 is 0 Å². The minimum absolute atomic E-state index is 0.199. The summed E-state index contributed by atoms with van der Waals surface area (Å²) in [4.78, 5) is 0. The van der Waals surface area contributed by atoms with Gasteiger partial charge in [-0.1, -0.05) is 30.3 Å². The van der Waals surface area contributed by atoms with E-state index in [0.717, 1.165) is 11.3 Å². The summed E-state index contributed by atoms with van der Waals surface area (Å²) in [6.07, 6.45) is 0. The smallest absolute Gasteiger partial charge is 0.140 e. The van der Waals surface area contributed by atoms with Crippen molar-refractivity contribution in [2.24, 2.45) is 0 Å². The van der Waals surface area contributed by atoms with E-state index in [1.54, 1.807) is 24.3 Å². The summed E-state index contributed by atoms with van der Waals surface area (Å²) in [7, 11) is 0. The number of rotatable bonds is 3. The lowest BCUT2D eigenvalue weighted by atomic mass is 10.1. The summed E-state index contributed by atoms with van der Waals surface area (Å²) in [6, 6.07) is 18.0. The molecule has 2 aromatic carbocycles. The Kier molecular flexibility index (Phi) is 3.27. The summed E-state index contributed by atoms with van der Waals surface area (Å²) >= 11 is 0. The number of nitriles is 1. The topological polar surface area (TPSA) is 56.0 Å². The number of hydrogen-bond donors (Lipinski definition) is 2. The molecule has 0 fully saturated rings. The van der Waals surface area contributed by atoms with Crippen LogP contribution in [0.2, 0.25) is 0 Å². The second-order valence-corrected chi connectivity index (χ2v) is 3.66. The molecule has 0 aromatic heterocycles. The van der Waals surface area contributed by atoms with Crippen molar-refractivity contribution in [3.8, 4) is 11.8 Å². The van der Waals surface area contributed by atoms with Gasteiger partial charge in [0.2, 0.25) is 0 Å². The van der Waals surface area contributed by atoms with Crippen LogP contribution in [0.5, 0.6) is 5.75 Å². The summed E-state index contributed by atoms with van der Waals surface area (Å²) in [5, 5.41) is 21.5. The molecule has 3 heteroatoms. The van der Waals surface area contributed by atoms with Gasteiger partial charge in [0.1, 0.15) is 11.8 Å². The Balaban J connectivity index is 2.18. The molecule has 0 amide bonds. The average molecular weight is 224 g/mol. The highest BCUT2D eigenvalue weighted by Crippen LogP contribution is 2.20. The molecule has 0 heterocycles. The van der Waals surface area contributed by atoms with Gasteiger partial charge in [0.15, 0.2) is 0 Å². The molecule has 1 unspecified atom stereocenters. The monoisotopic (exact) mass is 224 g/mol. The second kappa shape index (κ2) is 5.04. The molecule has 0 aliphatic rings. The van der Waals surface area contributed by atoms with E-state index >= 15 is 0 Å². The van der Waals surface area contributed by atoms with Crippen LogP contribution in [-0.2, 0) is 0 Å². The minimum atomic E-state index is -0.419. The summed E-state index contributed by atoms with van der Waals surface area (Å²) in [6.45, 7) is 0. The van der Waals surface area contributed by atoms with Gasteiger partial charge < -0.3 is 10.4 Å². The number of phenols is 1. The molecule has 0 saturated heterocycles. The lowest BCUT2D eigenvalue weighted by Crippen LogP contribution is -2.07. The Morgan fingerprint density at radius 2 is 1.65 bits per heavy atom. The highest BCUT2D eigenvalue weighted by atomic mass is 16.3. The van der Waals surface area contributed by atoms with Gasteiger partial charge in [-0.2, -0.15) is 5.26 Å². The fourth-order valence-electron chi connectivity index (χ4n) is 1.56. The van der Waals surface area contributed by atoms with Gasteiger partial charge in [-0.25, -0.2) is 0 Å². The molecular formula is C14H12N2O. The molecule has 2 aromatic rings. The van der Waals surface area contributed by atoms with E-state index < -0.39 is 6.04 Å². The first-order valence-corrected chi connectivity index (χ1v) is 5.30. The third kappa shape index (κ3) is 2.76. The quantitative estimate of drug-likeness (QED) is 0.842. The van der Waals surface area contributed by atoms with E-state index in [0.29, 0.717) is 0 Å². The van der Waals surface area contributed by atoms with E-state index in [1.807, 2.05) is 30.3 Å². The van der Waals surface area contributed by atoms with Crippen LogP contribution in [0.1, 0.15) is 11.6 Å². The zero-order valence-corrected chi connectivity index (χ0v) is 9.17. The lowest BCUT2D eigenvalue weighted by molar-refractivity contribution is 0.475. The largest absolute Gasteiger partial charge is 0.508 e. The lowest BCUT2D eigenvalue weighted by Gasteiger charge is -2.13. The molecule has 2 N–H and O–H groups in total. The van der Waals surface area contributed by atoms with Gasteiger partial charge in [0.25, 0.3) is 0 Å². The molecule has 84 valence electrons. The molecule has 0 saturated carbocycles. The Hall–Kier alpha value is -2.47. The number of nitrogens with one attached hydrogen (secondary N) is 1. The summed E-state index contributed by atoms with van der Waals surface area (Å²) < 4.78 is 0. The number of aromatic hydroxyl groups is 1. The highest BCUT2D eigenvalue weighted by molar-refractivity contribution is 5.47. The standard InChI is InChI=1S/C14H12N2O/c15-10-14(11-6-8-13(17)9-7-11)16-12-4-2-1-3-5-12/h1-9,14,16-17H. The Labute approximate surface area is 100.0 Å². The third-order valence-electron chi connectivity index (χ3n) is 2.44. The van der Waals surface area contributed by atoms with Crippen molar-refractivity contribution in [1.82, 2.24) is 0 Å². The first-order valence-electron chi connectivity index (χ1n) is 5.30. The van der Waals surface area contributed by atoms with E-state index in [-0.39, 0.29) is 5.75 Å². The zero-order chi connectivity index (χ0) is 12.1. The molecular weight excluding hydrogens is 212 g/mol. The Morgan fingerprint density at radius 1 is 1.00 bits per heavy atom. The van der Waals surface area contributed by atoms with Gasteiger partial charge in [0.05, 0.1) is 6.07 Å². The van der Waals surface area contributed by atoms with Crippen molar-refractivity contribution >= 4 is 5.69 Å². The maximum Gasteiger partial charge on any atom is 0.140 e. The second-order valence-electron chi connectivity index (χ2n) is 3.66. The number of hydrogen-bond acceptors (Lipinski definition) is 3. The average Bonchev–Trinajstić information content (AvgIpc) is 2.38. The van der Waals surface area contributed by atoms with Crippen molar-refractivity contribution in [2.45, 2.75) is 6.04 Å². The molecule has 3 nitrogen and oxygen atoms in total. The number of nitrogens with zero attached hydrogens (tertiary/aromatic N) is 1. The molecule has 0 radical (unpaired) electrons. The summed E-state index contributed by atoms with van der Waals surface area (Å²) in [5.41, 5.74) is 1.72. The van der Waals surface area contributed by atoms with Crippen molar-refractivity contribution in [2.75, 3.05) is 5.32 Å². The fraction of sp³-hybridized carbons (Fsp3) is 0.0714. The molecule has 2 rings (SSSR count). The number of benzene rings is 2. The van der Waals surface area contributed by atoms with E-state index in [9.17, 15) is 5.11 Å². The molecule has 17 heavy (non-hydrogen) atoms. The maximum atomic E-state index is 9.20. The normalized spacial score (nSPS) is 11.5. The Bertz CT molecular complexity index is 514. The summed E-state index contributed by atoms with van der Waals surface area (Å²) in [5.74, 6) is 0.199.